The first-order chi connectivity index (χ1) is 4.81. The highest BCUT2D eigenvalue weighted by Crippen LogP contribution is 1.72. The second-order valence-corrected chi connectivity index (χ2v) is 1.25. The van der Waals surface area contributed by atoms with Gasteiger partial charge >= 0.3 is 6.09 Å². The van der Waals surface area contributed by atoms with Crippen molar-refractivity contribution in [2.45, 2.75) is 27.7 Å². The number of carbonyl (C=O) groups excluding carboxylic acids is 1. The van der Waals surface area contributed by atoms with Gasteiger partial charge in [0.05, 0.1) is 6.61 Å². The van der Waals surface area contributed by atoms with Gasteiger partial charge in [-0.25, -0.2) is 4.79 Å². The van der Waals surface area contributed by atoms with Gasteiger partial charge in [-0.15, -0.1) is 0 Å². The number of ether oxygens (including phenoxy) is 1. The summed E-state index contributed by atoms with van der Waals surface area (Å²) in [4.78, 5) is 10.3. The van der Waals surface area contributed by atoms with Crippen molar-refractivity contribution >= 4 is 6.09 Å². The monoisotopic (exact) mass is 147 g/mol. The van der Waals surface area contributed by atoms with Crippen LogP contribution in [-0.2, 0) is 4.74 Å². The molecule has 0 aromatic heterocycles. The molecule has 0 saturated carbocycles. The maximum absolute atomic E-state index is 10.3. The summed E-state index contributed by atoms with van der Waals surface area (Å²) in [6, 6.07) is 0. The number of hydrogen-bond donors (Lipinski definition) is 1. The Hall–Kier alpha value is -0.730. The van der Waals surface area contributed by atoms with Crippen LogP contribution in [0.1, 0.15) is 27.7 Å². The summed E-state index contributed by atoms with van der Waals surface area (Å²) < 4.78 is 4.53. The van der Waals surface area contributed by atoms with Crippen molar-refractivity contribution in [1.82, 2.24) is 5.32 Å². The third-order valence-corrected chi connectivity index (χ3v) is 0.597. The molecule has 0 aliphatic heterocycles. The molecule has 0 aromatic carbocycles. The van der Waals surface area contributed by atoms with Crippen LogP contribution < -0.4 is 5.32 Å². The Bertz CT molecular complexity index is 66.0. The fraction of sp³-hybridized carbons (Fsp3) is 0.857. The van der Waals surface area contributed by atoms with Gasteiger partial charge in [0.15, 0.2) is 0 Å². The molecule has 0 rings (SSSR count). The van der Waals surface area contributed by atoms with E-state index >= 15 is 0 Å². The topological polar surface area (TPSA) is 38.3 Å². The molecule has 0 unspecified atom stereocenters. The van der Waals surface area contributed by atoms with Crippen LogP contribution in [-0.4, -0.2) is 19.2 Å². The van der Waals surface area contributed by atoms with E-state index in [1.807, 2.05) is 20.8 Å². The quantitative estimate of drug-likeness (QED) is 0.646. The Kier molecular flexibility index (Phi) is 13.3. The molecule has 10 heavy (non-hydrogen) atoms. The Balaban J connectivity index is 0. The molecular formula is C7H17NO2. The average molecular weight is 147 g/mol. The van der Waals surface area contributed by atoms with E-state index in [1.54, 1.807) is 6.92 Å². The van der Waals surface area contributed by atoms with Crippen LogP contribution >= 0.6 is 0 Å². The second-order valence-electron chi connectivity index (χ2n) is 1.25. The molecular weight excluding hydrogens is 130 g/mol. The Morgan fingerprint density at radius 2 is 1.90 bits per heavy atom. The van der Waals surface area contributed by atoms with E-state index in [4.69, 9.17) is 0 Å². The van der Waals surface area contributed by atoms with Gasteiger partial charge in [-0.1, -0.05) is 13.8 Å². The summed E-state index contributed by atoms with van der Waals surface area (Å²) in [5.74, 6) is 0. The lowest BCUT2D eigenvalue weighted by Crippen LogP contribution is -2.23. The van der Waals surface area contributed by atoms with Crippen LogP contribution in [0, 0.1) is 0 Å². The number of amides is 1. The molecule has 0 saturated heterocycles. The van der Waals surface area contributed by atoms with Gasteiger partial charge in [0.25, 0.3) is 0 Å². The van der Waals surface area contributed by atoms with Crippen molar-refractivity contribution in [2.75, 3.05) is 13.2 Å². The maximum atomic E-state index is 10.3. The summed E-state index contributed by atoms with van der Waals surface area (Å²) in [6.07, 6.45) is -0.338. The van der Waals surface area contributed by atoms with E-state index in [0.717, 1.165) is 0 Å². The molecule has 0 bridgehead atoms. The molecule has 3 nitrogen and oxygen atoms in total. The van der Waals surface area contributed by atoms with Crippen LogP contribution in [0.25, 0.3) is 0 Å². The first-order valence-electron chi connectivity index (χ1n) is 3.71. The second kappa shape index (κ2) is 11.1. The minimum absolute atomic E-state index is 0.338. The van der Waals surface area contributed by atoms with Crippen LogP contribution in [0.4, 0.5) is 4.79 Å². The van der Waals surface area contributed by atoms with E-state index in [9.17, 15) is 4.79 Å². The lowest BCUT2D eigenvalue weighted by Gasteiger charge is -1.99. The van der Waals surface area contributed by atoms with Crippen LogP contribution in [0.15, 0.2) is 0 Å². The van der Waals surface area contributed by atoms with E-state index in [1.165, 1.54) is 0 Å². The zero-order valence-electron chi connectivity index (χ0n) is 7.23. The van der Waals surface area contributed by atoms with Gasteiger partial charge in [-0.05, 0) is 13.8 Å². The average Bonchev–Trinajstić information content (AvgIpc) is 1.93. The van der Waals surface area contributed by atoms with Gasteiger partial charge in [0.2, 0.25) is 0 Å². The maximum Gasteiger partial charge on any atom is 0.407 e. The third-order valence-electron chi connectivity index (χ3n) is 0.597. The highest BCUT2D eigenvalue weighted by Gasteiger charge is 1.92. The van der Waals surface area contributed by atoms with Gasteiger partial charge < -0.3 is 10.1 Å². The molecule has 62 valence electrons. The minimum Gasteiger partial charge on any atom is -0.450 e. The van der Waals surface area contributed by atoms with Crippen molar-refractivity contribution in [3.8, 4) is 0 Å². The summed E-state index contributed by atoms with van der Waals surface area (Å²) in [5, 5.41) is 2.49. The van der Waals surface area contributed by atoms with Gasteiger partial charge in [-0.2, -0.15) is 0 Å². The number of hydrogen-bond acceptors (Lipinski definition) is 2. The van der Waals surface area contributed by atoms with Gasteiger partial charge in [0.1, 0.15) is 0 Å². The largest absolute Gasteiger partial charge is 0.450 e. The normalized spacial score (nSPS) is 7.20. The molecule has 0 aliphatic carbocycles. The van der Waals surface area contributed by atoms with Crippen LogP contribution in [0.5, 0.6) is 0 Å². The summed E-state index contributed by atoms with van der Waals surface area (Å²) in [7, 11) is 0. The Morgan fingerprint density at radius 3 is 2.20 bits per heavy atom. The van der Waals surface area contributed by atoms with Gasteiger partial charge in [0, 0.05) is 6.54 Å². The number of alkyl carbamates (subject to hydrolysis) is 1. The molecule has 1 N–H and O–H groups in total. The first-order valence-corrected chi connectivity index (χ1v) is 3.71. The predicted molar refractivity (Wildman–Crippen MR) is 42.0 cm³/mol. The molecule has 0 fully saturated rings. The fourth-order valence-corrected chi connectivity index (χ4v) is 0.326. The zero-order valence-corrected chi connectivity index (χ0v) is 7.23. The smallest absolute Gasteiger partial charge is 0.407 e. The molecule has 1 amide bonds. The fourth-order valence-electron chi connectivity index (χ4n) is 0.326. The predicted octanol–water partition coefficient (Wildman–Crippen LogP) is 1.78. The summed E-state index contributed by atoms with van der Waals surface area (Å²) in [6.45, 7) is 8.68. The van der Waals surface area contributed by atoms with E-state index in [-0.39, 0.29) is 6.09 Å². The van der Waals surface area contributed by atoms with Gasteiger partial charge in [-0.3, -0.25) is 0 Å². The Morgan fingerprint density at radius 1 is 1.40 bits per heavy atom. The molecule has 3 heteroatoms. The molecule has 0 radical (unpaired) electrons. The van der Waals surface area contributed by atoms with Crippen LogP contribution in [0.3, 0.4) is 0 Å². The molecule has 0 atom stereocenters. The lowest BCUT2D eigenvalue weighted by atomic mass is 10.7. The van der Waals surface area contributed by atoms with Crippen molar-refractivity contribution in [3.63, 3.8) is 0 Å². The van der Waals surface area contributed by atoms with Crippen molar-refractivity contribution < 1.29 is 9.53 Å². The molecule has 0 spiro atoms. The molecule has 0 aliphatic rings. The Labute approximate surface area is 62.8 Å². The zero-order chi connectivity index (χ0) is 8.41. The highest BCUT2D eigenvalue weighted by atomic mass is 16.5. The van der Waals surface area contributed by atoms with E-state index < -0.39 is 0 Å². The highest BCUT2D eigenvalue weighted by molar-refractivity contribution is 5.66. The summed E-state index contributed by atoms with van der Waals surface area (Å²) >= 11 is 0. The third kappa shape index (κ3) is 10.3. The van der Waals surface area contributed by atoms with Crippen molar-refractivity contribution in [3.05, 3.63) is 0 Å². The number of carbonyl (C=O) groups is 1. The molecule has 0 heterocycles. The number of rotatable bonds is 2. The SMILES string of the molecule is CC.CCNC(=O)OCC. The van der Waals surface area contributed by atoms with E-state index in [0.29, 0.717) is 13.2 Å². The summed E-state index contributed by atoms with van der Waals surface area (Å²) in [5.41, 5.74) is 0. The first kappa shape index (κ1) is 12.0. The van der Waals surface area contributed by atoms with Crippen molar-refractivity contribution in [2.24, 2.45) is 0 Å². The van der Waals surface area contributed by atoms with Crippen molar-refractivity contribution in [1.29, 1.82) is 0 Å². The van der Waals surface area contributed by atoms with E-state index in [2.05, 4.69) is 10.1 Å². The minimum atomic E-state index is -0.338. The van der Waals surface area contributed by atoms with Crippen LogP contribution in [0.2, 0.25) is 0 Å². The molecule has 0 aromatic rings. The lowest BCUT2D eigenvalue weighted by molar-refractivity contribution is 0.153. The standard InChI is InChI=1S/C5H11NO2.C2H6/c1-3-6-5(7)8-4-2;1-2/h3-4H2,1-2H3,(H,6,7);1-2H3. The number of nitrogens with one attached hydrogen (secondary N) is 1.